The van der Waals surface area contributed by atoms with Crippen molar-refractivity contribution in [2.45, 2.75) is 42.8 Å². The summed E-state index contributed by atoms with van der Waals surface area (Å²) < 4.78 is 7.51. The van der Waals surface area contributed by atoms with Gasteiger partial charge in [0.25, 0.3) is 5.56 Å². The van der Waals surface area contributed by atoms with Crippen molar-refractivity contribution in [1.82, 2.24) is 9.88 Å². The number of hydrogen-bond donors (Lipinski definition) is 2. The quantitative estimate of drug-likeness (QED) is 0.507. The molecule has 2 amide bonds. The number of fused-ring (bicyclic) bond motifs is 1. The van der Waals surface area contributed by atoms with Gasteiger partial charge in [-0.05, 0) is 61.5 Å². The van der Waals surface area contributed by atoms with Crippen LogP contribution >= 0.6 is 11.8 Å². The zero-order valence-electron chi connectivity index (χ0n) is 19.3. The first kappa shape index (κ1) is 22.2. The number of rotatable bonds is 6. The Bertz CT molecular complexity index is 1400. The maximum atomic E-state index is 12.5. The van der Waals surface area contributed by atoms with E-state index in [4.69, 9.17) is 4.74 Å². The molecule has 3 aromatic rings. The van der Waals surface area contributed by atoms with Gasteiger partial charge in [-0.2, -0.15) is 0 Å². The Morgan fingerprint density at radius 2 is 2.03 bits per heavy atom. The lowest BCUT2D eigenvalue weighted by Gasteiger charge is -2.20. The highest BCUT2D eigenvalue weighted by atomic mass is 32.2. The molecule has 0 radical (unpaired) electrons. The molecular formula is C26H26N4O4S. The SMILES string of the molecule is C[C@@H]1[C@@H](NCCC[C@H]2CN(c3ccc4c(c3)NC(=O)CS4)C(=O)O2)c2cccc3ccc(=O)n1c23. The molecule has 6 rings (SSSR count). The fourth-order valence-corrected chi connectivity index (χ4v) is 6.19. The lowest BCUT2D eigenvalue weighted by molar-refractivity contribution is -0.113. The number of nitrogens with zero attached hydrogens (tertiary/aromatic N) is 2. The van der Waals surface area contributed by atoms with E-state index in [0.717, 1.165) is 52.1 Å². The topological polar surface area (TPSA) is 92.7 Å². The monoisotopic (exact) mass is 490 g/mol. The van der Waals surface area contributed by atoms with Gasteiger partial charge in [0.2, 0.25) is 5.91 Å². The summed E-state index contributed by atoms with van der Waals surface area (Å²) in [6, 6.07) is 15.5. The van der Waals surface area contributed by atoms with Crippen LogP contribution in [0, 0.1) is 0 Å². The van der Waals surface area contributed by atoms with E-state index in [9.17, 15) is 14.4 Å². The van der Waals surface area contributed by atoms with Crippen LogP contribution in [0.25, 0.3) is 10.9 Å². The molecule has 2 aromatic carbocycles. The van der Waals surface area contributed by atoms with Crippen molar-refractivity contribution in [2.75, 3.05) is 29.1 Å². The van der Waals surface area contributed by atoms with E-state index in [0.29, 0.717) is 12.3 Å². The van der Waals surface area contributed by atoms with E-state index in [-0.39, 0.29) is 35.7 Å². The van der Waals surface area contributed by atoms with E-state index in [1.165, 1.54) is 11.8 Å². The number of anilines is 2. The third-order valence-electron chi connectivity index (χ3n) is 7.06. The Labute approximate surface area is 206 Å². The lowest BCUT2D eigenvalue weighted by Crippen LogP contribution is -2.29. The summed E-state index contributed by atoms with van der Waals surface area (Å²) in [5.41, 5.74) is 3.67. The number of benzene rings is 2. The van der Waals surface area contributed by atoms with E-state index >= 15 is 0 Å². The molecular weight excluding hydrogens is 464 g/mol. The summed E-state index contributed by atoms with van der Waals surface area (Å²) in [6.07, 6.45) is 1.04. The molecule has 9 heteroatoms. The van der Waals surface area contributed by atoms with Crippen LogP contribution in [0.15, 0.2) is 58.2 Å². The minimum absolute atomic E-state index is 0.0278. The second kappa shape index (κ2) is 8.73. The minimum Gasteiger partial charge on any atom is -0.444 e. The van der Waals surface area contributed by atoms with Gasteiger partial charge in [0.1, 0.15) is 6.10 Å². The number of amides is 2. The Morgan fingerprint density at radius 1 is 1.14 bits per heavy atom. The molecule has 1 aromatic heterocycles. The van der Waals surface area contributed by atoms with Crippen LogP contribution < -0.4 is 21.1 Å². The number of nitrogens with one attached hydrogen (secondary N) is 2. The van der Waals surface area contributed by atoms with E-state index in [1.54, 1.807) is 11.0 Å². The summed E-state index contributed by atoms with van der Waals surface area (Å²) in [5.74, 6) is 0.376. The minimum atomic E-state index is -0.358. The Kier molecular flexibility index (Phi) is 5.53. The number of pyridine rings is 1. The molecule has 3 aliphatic rings. The van der Waals surface area contributed by atoms with Crippen molar-refractivity contribution in [1.29, 1.82) is 0 Å². The number of para-hydroxylation sites is 1. The third-order valence-corrected chi connectivity index (χ3v) is 8.13. The molecule has 35 heavy (non-hydrogen) atoms. The van der Waals surface area contributed by atoms with Gasteiger partial charge in [-0.15, -0.1) is 11.8 Å². The summed E-state index contributed by atoms with van der Waals surface area (Å²) in [6.45, 7) is 3.32. The second-order valence-electron chi connectivity index (χ2n) is 9.27. The number of ether oxygens (including phenoxy) is 1. The van der Waals surface area contributed by atoms with E-state index in [2.05, 4.69) is 23.6 Å². The molecule has 180 valence electrons. The molecule has 8 nitrogen and oxygen atoms in total. The molecule has 1 fully saturated rings. The number of thioether (sulfide) groups is 1. The van der Waals surface area contributed by atoms with Gasteiger partial charge in [-0.25, -0.2) is 4.79 Å². The van der Waals surface area contributed by atoms with Crippen molar-refractivity contribution in [3.8, 4) is 0 Å². The first-order valence-electron chi connectivity index (χ1n) is 11.9. The first-order chi connectivity index (χ1) is 17.0. The van der Waals surface area contributed by atoms with Crippen molar-refractivity contribution in [3.05, 3.63) is 64.4 Å². The van der Waals surface area contributed by atoms with Gasteiger partial charge < -0.3 is 19.9 Å². The van der Waals surface area contributed by atoms with E-state index < -0.39 is 0 Å². The summed E-state index contributed by atoms with van der Waals surface area (Å²) >= 11 is 1.50. The smallest absolute Gasteiger partial charge is 0.414 e. The van der Waals surface area contributed by atoms with Crippen LogP contribution in [-0.4, -0.2) is 41.5 Å². The van der Waals surface area contributed by atoms with Gasteiger partial charge in [0.05, 0.1) is 35.6 Å². The predicted molar refractivity (Wildman–Crippen MR) is 136 cm³/mol. The van der Waals surface area contributed by atoms with Crippen molar-refractivity contribution >= 4 is 46.0 Å². The first-order valence-corrected chi connectivity index (χ1v) is 12.9. The normalized spacial score (nSPS) is 22.9. The van der Waals surface area contributed by atoms with Crippen molar-refractivity contribution < 1.29 is 14.3 Å². The van der Waals surface area contributed by atoms with Crippen molar-refractivity contribution in [2.24, 2.45) is 0 Å². The average Bonchev–Trinajstić information content (AvgIpc) is 3.36. The van der Waals surface area contributed by atoms with Crippen LogP contribution in [-0.2, 0) is 9.53 Å². The molecule has 3 aliphatic heterocycles. The van der Waals surface area contributed by atoms with Crippen LogP contribution in [0.4, 0.5) is 16.2 Å². The maximum Gasteiger partial charge on any atom is 0.414 e. The molecule has 0 spiro atoms. The highest BCUT2D eigenvalue weighted by Gasteiger charge is 2.34. The molecule has 0 saturated carbocycles. The largest absolute Gasteiger partial charge is 0.444 e. The maximum absolute atomic E-state index is 12.5. The summed E-state index contributed by atoms with van der Waals surface area (Å²) in [5, 5.41) is 7.58. The zero-order chi connectivity index (χ0) is 24.1. The predicted octanol–water partition coefficient (Wildman–Crippen LogP) is 4.06. The molecule has 2 N–H and O–H groups in total. The molecule has 4 heterocycles. The summed E-state index contributed by atoms with van der Waals surface area (Å²) in [4.78, 5) is 39.4. The molecule has 0 unspecified atom stereocenters. The highest BCUT2D eigenvalue weighted by molar-refractivity contribution is 8.00. The van der Waals surface area contributed by atoms with Gasteiger partial charge in [-0.3, -0.25) is 14.5 Å². The zero-order valence-corrected chi connectivity index (χ0v) is 20.1. The van der Waals surface area contributed by atoms with Gasteiger partial charge in [0.15, 0.2) is 0 Å². The van der Waals surface area contributed by atoms with Crippen molar-refractivity contribution in [3.63, 3.8) is 0 Å². The Morgan fingerprint density at radius 3 is 2.91 bits per heavy atom. The molecule has 0 bridgehead atoms. The number of cyclic esters (lactones) is 1. The summed E-state index contributed by atoms with van der Waals surface area (Å²) in [7, 11) is 0. The number of hydrogen-bond acceptors (Lipinski definition) is 6. The van der Waals surface area contributed by atoms with Gasteiger partial charge >= 0.3 is 6.09 Å². The fourth-order valence-electron chi connectivity index (χ4n) is 5.40. The molecule has 0 aliphatic carbocycles. The highest BCUT2D eigenvalue weighted by Crippen LogP contribution is 2.39. The van der Waals surface area contributed by atoms with Crippen LogP contribution in [0.5, 0.6) is 0 Å². The number of carbonyl (C=O) groups excluding carboxylic acids is 2. The standard InChI is InChI=1S/C26H26N4O4S/c1-15-24(19-6-2-4-16-7-10-23(32)30(15)25(16)19)27-11-3-5-18-13-29(26(33)34-18)17-8-9-21-20(12-17)28-22(31)14-35-21/h2,4,6-10,12,15,18,24,27H,3,5,11,13-14H2,1H3,(H,28,31)/t15-,18+,24-/m1/s1. The number of aromatic nitrogens is 1. The van der Waals surface area contributed by atoms with Gasteiger partial charge in [-0.1, -0.05) is 18.2 Å². The fraction of sp³-hybridized carbons (Fsp3) is 0.346. The van der Waals surface area contributed by atoms with E-state index in [1.807, 2.05) is 41.0 Å². The third kappa shape index (κ3) is 3.88. The molecule has 1 saturated heterocycles. The lowest BCUT2D eigenvalue weighted by atomic mass is 10.0. The van der Waals surface area contributed by atoms with Crippen LogP contribution in [0.3, 0.4) is 0 Å². The number of carbonyl (C=O) groups is 2. The Hall–Kier alpha value is -3.30. The van der Waals surface area contributed by atoms with Crippen LogP contribution in [0.2, 0.25) is 0 Å². The van der Waals surface area contributed by atoms with Gasteiger partial charge in [0, 0.05) is 16.6 Å². The molecule has 3 atom stereocenters. The second-order valence-corrected chi connectivity index (χ2v) is 10.3. The Balaban J connectivity index is 1.07. The van der Waals surface area contributed by atoms with Crippen LogP contribution in [0.1, 0.15) is 37.4 Å². The average molecular weight is 491 g/mol.